The zero-order chi connectivity index (χ0) is 24.6. The molecule has 2 aliphatic rings. The van der Waals surface area contributed by atoms with Crippen molar-refractivity contribution in [1.82, 2.24) is 34.8 Å². The van der Waals surface area contributed by atoms with E-state index in [2.05, 4.69) is 20.6 Å². The van der Waals surface area contributed by atoms with Crippen molar-refractivity contribution in [3.8, 4) is 0 Å². The van der Waals surface area contributed by atoms with Crippen molar-refractivity contribution in [2.24, 2.45) is 5.41 Å². The highest BCUT2D eigenvalue weighted by Crippen LogP contribution is 2.40. The normalized spacial score (nSPS) is 21.5. The molecule has 2 aromatic rings. The summed E-state index contributed by atoms with van der Waals surface area (Å²) in [6.45, 7) is 8.12. The topological polar surface area (TPSA) is 135 Å². The van der Waals surface area contributed by atoms with Gasteiger partial charge in [0.1, 0.15) is 12.1 Å². The third-order valence-corrected chi connectivity index (χ3v) is 6.38. The first-order valence-corrected chi connectivity index (χ1v) is 11.8. The monoisotopic (exact) mass is 471 g/mol. The summed E-state index contributed by atoms with van der Waals surface area (Å²) in [7, 11) is 0. The largest absolute Gasteiger partial charge is 0.391 e. The molecule has 3 heterocycles. The fraction of sp³-hybridized carbons (Fsp3) is 0.652. The molecule has 184 valence electrons. The number of carbonyl (C=O) groups excluding carboxylic acids is 2. The molecule has 4 rings (SSSR count). The summed E-state index contributed by atoms with van der Waals surface area (Å²) >= 11 is 0. The number of likely N-dealkylation sites (tertiary alicyclic amines) is 1. The third-order valence-electron chi connectivity index (χ3n) is 6.38. The van der Waals surface area contributed by atoms with E-state index in [4.69, 9.17) is 0 Å². The van der Waals surface area contributed by atoms with Gasteiger partial charge in [-0.15, -0.1) is 5.10 Å². The standard InChI is InChI=1S/C23H33N7O4/c1-14-9-19(32)28(13-25-14)8-7-24-21(33)18-10-16(31)11-29(18)22(34)20(23(2,3)4)30-12-17(26-27-30)15-5-6-15/h9,12-13,15-16,18,20,31H,5-8,10-11H2,1-4H3,(H,24,33)/t16-,18+,20-/m1/s1. The first-order valence-electron chi connectivity index (χ1n) is 11.8. The van der Waals surface area contributed by atoms with Crippen molar-refractivity contribution < 1.29 is 14.7 Å². The number of aliphatic hydroxyl groups excluding tert-OH is 1. The number of nitrogens with zero attached hydrogens (tertiary/aromatic N) is 6. The molecule has 2 fully saturated rings. The Morgan fingerprint density at radius 3 is 2.68 bits per heavy atom. The van der Waals surface area contributed by atoms with Gasteiger partial charge in [0.2, 0.25) is 11.8 Å². The van der Waals surface area contributed by atoms with Crippen LogP contribution in [-0.2, 0) is 16.1 Å². The quantitative estimate of drug-likeness (QED) is 0.596. The van der Waals surface area contributed by atoms with Gasteiger partial charge in [0.05, 0.1) is 18.1 Å². The fourth-order valence-electron chi connectivity index (χ4n) is 4.43. The van der Waals surface area contributed by atoms with E-state index < -0.39 is 23.6 Å². The summed E-state index contributed by atoms with van der Waals surface area (Å²) in [5.41, 5.74) is 0.837. The third kappa shape index (κ3) is 5.19. The molecule has 0 radical (unpaired) electrons. The van der Waals surface area contributed by atoms with E-state index in [-0.39, 0.29) is 43.4 Å². The number of nitrogens with one attached hydrogen (secondary N) is 1. The van der Waals surface area contributed by atoms with Gasteiger partial charge in [0.25, 0.3) is 5.56 Å². The van der Waals surface area contributed by atoms with Gasteiger partial charge in [0.15, 0.2) is 0 Å². The van der Waals surface area contributed by atoms with Crippen molar-refractivity contribution in [1.29, 1.82) is 0 Å². The molecule has 0 spiro atoms. The lowest BCUT2D eigenvalue weighted by Crippen LogP contribution is -2.50. The number of hydrogen-bond acceptors (Lipinski definition) is 7. The first-order chi connectivity index (χ1) is 16.0. The lowest BCUT2D eigenvalue weighted by molar-refractivity contribution is -0.144. The van der Waals surface area contributed by atoms with Crippen LogP contribution in [0.2, 0.25) is 0 Å². The molecule has 2 amide bonds. The lowest BCUT2D eigenvalue weighted by Gasteiger charge is -2.34. The van der Waals surface area contributed by atoms with Gasteiger partial charge in [-0.3, -0.25) is 19.0 Å². The van der Waals surface area contributed by atoms with Gasteiger partial charge >= 0.3 is 0 Å². The average Bonchev–Trinajstić information content (AvgIpc) is 3.36. The van der Waals surface area contributed by atoms with Gasteiger partial charge in [-0.25, -0.2) is 9.67 Å². The van der Waals surface area contributed by atoms with Crippen LogP contribution in [0, 0.1) is 12.3 Å². The summed E-state index contributed by atoms with van der Waals surface area (Å²) in [6, 6.07) is -0.0296. The number of amides is 2. The molecule has 2 aromatic heterocycles. The molecule has 11 heteroatoms. The number of rotatable bonds is 7. The molecule has 1 saturated carbocycles. The molecule has 11 nitrogen and oxygen atoms in total. The van der Waals surface area contributed by atoms with Crippen molar-refractivity contribution in [2.75, 3.05) is 13.1 Å². The number of aryl methyl sites for hydroxylation is 1. The molecule has 0 bridgehead atoms. The SMILES string of the molecule is Cc1cc(=O)n(CCNC(=O)[C@@H]2C[C@@H](O)CN2C(=O)[C@@H](n2cc(C3CC3)nn2)C(C)(C)C)cn1. The maximum atomic E-state index is 13.7. The minimum atomic E-state index is -0.799. The molecule has 2 N–H and O–H groups in total. The highest BCUT2D eigenvalue weighted by atomic mass is 16.3. The van der Waals surface area contributed by atoms with Gasteiger partial charge in [0, 0.05) is 49.9 Å². The Labute approximate surface area is 198 Å². The van der Waals surface area contributed by atoms with E-state index in [9.17, 15) is 19.5 Å². The highest BCUT2D eigenvalue weighted by Gasteiger charge is 2.45. The zero-order valence-corrected chi connectivity index (χ0v) is 20.1. The molecule has 34 heavy (non-hydrogen) atoms. The molecule has 1 aliphatic heterocycles. The van der Waals surface area contributed by atoms with Crippen LogP contribution < -0.4 is 10.9 Å². The summed E-state index contributed by atoms with van der Waals surface area (Å²) in [5, 5.41) is 21.6. The second-order valence-electron chi connectivity index (χ2n) is 10.4. The Morgan fingerprint density at radius 2 is 2.03 bits per heavy atom. The predicted molar refractivity (Wildman–Crippen MR) is 123 cm³/mol. The molecule has 0 unspecified atom stereocenters. The molecular formula is C23H33N7O4. The molecule has 1 aliphatic carbocycles. The second kappa shape index (κ2) is 9.28. The van der Waals surface area contributed by atoms with Crippen molar-refractivity contribution in [3.63, 3.8) is 0 Å². The summed E-state index contributed by atoms with van der Waals surface area (Å²) in [4.78, 5) is 44.3. The van der Waals surface area contributed by atoms with Crippen LogP contribution in [-0.4, -0.2) is 71.6 Å². The highest BCUT2D eigenvalue weighted by molar-refractivity contribution is 5.90. The van der Waals surface area contributed by atoms with Crippen LogP contribution in [0.25, 0.3) is 0 Å². The smallest absolute Gasteiger partial charge is 0.253 e. The van der Waals surface area contributed by atoms with E-state index in [0.717, 1.165) is 18.5 Å². The van der Waals surface area contributed by atoms with E-state index in [1.54, 1.807) is 11.6 Å². The minimum Gasteiger partial charge on any atom is -0.391 e. The maximum absolute atomic E-state index is 13.7. The van der Waals surface area contributed by atoms with Crippen LogP contribution in [0.4, 0.5) is 0 Å². The fourth-order valence-corrected chi connectivity index (χ4v) is 4.43. The van der Waals surface area contributed by atoms with E-state index in [0.29, 0.717) is 11.6 Å². The maximum Gasteiger partial charge on any atom is 0.253 e. The number of β-amino-alcohol motifs (C(OH)–C–C–N with tert-alkyl or cyclic N) is 1. The average molecular weight is 472 g/mol. The van der Waals surface area contributed by atoms with Gasteiger partial charge in [-0.2, -0.15) is 0 Å². The number of aliphatic hydroxyl groups is 1. The van der Waals surface area contributed by atoms with Gasteiger partial charge in [-0.1, -0.05) is 26.0 Å². The Kier molecular flexibility index (Phi) is 6.57. The van der Waals surface area contributed by atoms with Crippen LogP contribution in [0.5, 0.6) is 0 Å². The number of carbonyl (C=O) groups is 2. The molecule has 3 atom stereocenters. The predicted octanol–water partition coefficient (Wildman–Crippen LogP) is 0.386. The van der Waals surface area contributed by atoms with Crippen LogP contribution in [0.1, 0.15) is 63.4 Å². The van der Waals surface area contributed by atoms with E-state index >= 15 is 0 Å². The Bertz CT molecular complexity index is 1120. The van der Waals surface area contributed by atoms with Gasteiger partial charge in [-0.05, 0) is 25.2 Å². The molecule has 1 saturated heterocycles. The van der Waals surface area contributed by atoms with Gasteiger partial charge < -0.3 is 15.3 Å². The molecule has 0 aromatic carbocycles. The lowest BCUT2D eigenvalue weighted by atomic mass is 9.85. The molecular weight excluding hydrogens is 438 g/mol. The van der Waals surface area contributed by atoms with Crippen LogP contribution in [0.3, 0.4) is 0 Å². The Balaban J connectivity index is 1.46. The van der Waals surface area contributed by atoms with E-state index in [1.807, 2.05) is 27.0 Å². The van der Waals surface area contributed by atoms with Crippen molar-refractivity contribution >= 4 is 11.8 Å². The summed E-state index contributed by atoms with van der Waals surface area (Å²) in [6.07, 6.45) is 4.81. The number of hydrogen-bond donors (Lipinski definition) is 2. The summed E-state index contributed by atoms with van der Waals surface area (Å²) < 4.78 is 3.02. The summed E-state index contributed by atoms with van der Waals surface area (Å²) in [5.74, 6) is -0.216. The van der Waals surface area contributed by atoms with Crippen molar-refractivity contribution in [2.45, 2.75) is 77.6 Å². The minimum absolute atomic E-state index is 0.0784. The van der Waals surface area contributed by atoms with Crippen LogP contribution in [0.15, 0.2) is 23.4 Å². The Hall–Kier alpha value is -3.08. The van der Waals surface area contributed by atoms with Crippen molar-refractivity contribution in [3.05, 3.63) is 40.3 Å². The van der Waals surface area contributed by atoms with E-state index in [1.165, 1.54) is 21.9 Å². The number of aromatic nitrogens is 5. The Morgan fingerprint density at radius 1 is 1.29 bits per heavy atom. The first kappa shape index (κ1) is 24.1. The second-order valence-corrected chi connectivity index (χ2v) is 10.4. The zero-order valence-electron chi connectivity index (χ0n) is 20.1. The van der Waals surface area contributed by atoms with Crippen LogP contribution >= 0.6 is 0 Å².